The lowest BCUT2D eigenvalue weighted by Crippen LogP contribution is -2.51. The van der Waals surface area contributed by atoms with E-state index in [2.05, 4.69) is 91.3 Å². The van der Waals surface area contributed by atoms with Gasteiger partial charge in [-0.1, -0.05) is 64.1 Å². The maximum atomic E-state index is 13.6. The van der Waals surface area contributed by atoms with E-state index in [-0.39, 0.29) is 29.7 Å². The van der Waals surface area contributed by atoms with Crippen LogP contribution in [0.1, 0.15) is 71.1 Å². The number of imidazole rings is 2. The highest BCUT2D eigenvalue weighted by atomic mass is 16.5. The summed E-state index contributed by atoms with van der Waals surface area (Å²) >= 11 is 0. The largest absolute Gasteiger partial charge is 0.453 e. The summed E-state index contributed by atoms with van der Waals surface area (Å²) in [5.74, 6) is 1.12. The van der Waals surface area contributed by atoms with Crippen LogP contribution in [0.15, 0.2) is 72.8 Å². The summed E-state index contributed by atoms with van der Waals surface area (Å²) in [5.41, 5.74) is 7.96. The molecule has 4 aromatic carbocycles. The third kappa shape index (κ3) is 9.22. The summed E-state index contributed by atoms with van der Waals surface area (Å²) in [5, 5.41) is 10.5. The van der Waals surface area contributed by atoms with Crippen molar-refractivity contribution in [1.82, 2.24) is 40.8 Å². The van der Waals surface area contributed by atoms with Crippen molar-refractivity contribution < 1.29 is 28.7 Å². The van der Waals surface area contributed by atoms with Crippen LogP contribution in [0.4, 0.5) is 9.59 Å². The van der Waals surface area contributed by atoms with Gasteiger partial charge in [-0.2, -0.15) is 0 Å². The van der Waals surface area contributed by atoms with E-state index in [1.54, 1.807) is 0 Å². The van der Waals surface area contributed by atoms with Gasteiger partial charge in [-0.3, -0.25) is 9.59 Å². The van der Waals surface area contributed by atoms with Crippen molar-refractivity contribution in [3.05, 3.63) is 84.4 Å². The molecule has 3 unspecified atom stereocenters. The first-order valence-corrected chi connectivity index (χ1v) is 20.7. The van der Waals surface area contributed by atoms with Crippen molar-refractivity contribution in [2.75, 3.05) is 27.3 Å². The molecule has 0 spiro atoms. The molecule has 60 heavy (non-hydrogen) atoms. The number of aryl methyl sites for hydroxylation is 1. The number of nitrogens with zero attached hydrogens (tertiary/aromatic N) is 3. The van der Waals surface area contributed by atoms with E-state index in [1.165, 1.54) is 14.2 Å². The number of benzene rings is 4. The maximum Gasteiger partial charge on any atom is 0.407 e. The second kappa shape index (κ2) is 18.2. The minimum atomic E-state index is -0.687. The number of hydrogen-bond donors (Lipinski definition) is 5. The number of carbonyl (C=O) groups is 4. The Morgan fingerprint density at radius 2 is 1.27 bits per heavy atom. The molecule has 314 valence electrons. The minimum absolute atomic E-state index is 0.0706. The van der Waals surface area contributed by atoms with E-state index in [0.717, 1.165) is 98.8 Å². The van der Waals surface area contributed by atoms with Crippen LogP contribution >= 0.6 is 0 Å². The topological polar surface area (TPSA) is 183 Å². The van der Waals surface area contributed by atoms with Crippen LogP contribution in [0.2, 0.25) is 0 Å². The van der Waals surface area contributed by atoms with Crippen molar-refractivity contribution in [1.29, 1.82) is 0 Å². The fraction of sp³-hybridized carbons (Fsp3) is 0.391. The normalized spacial score (nSPS) is 15.1. The molecule has 0 saturated carbocycles. The quantitative estimate of drug-likeness (QED) is 0.0691. The van der Waals surface area contributed by atoms with Crippen LogP contribution in [0, 0.1) is 11.8 Å². The molecule has 0 bridgehead atoms. The number of alkyl carbamates (subject to hydrolysis) is 2. The van der Waals surface area contributed by atoms with E-state index in [4.69, 9.17) is 14.7 Å². The molecule has 4 amide bonds. The summed E-state index contributed by atoms with van der Waals surface area (Å²) in [6, 6.07) is 23.9. The number of amides is 4. The second-order valence-corrected chi connectivity index (χ2v) is 16.2. The van der Waals surface area contributed by atoms with Crippen LogP contribution in [-0.2, 0) is 25.5 Å². The maximum absolute atomic E-state index is 13.6. The lowest BCUT2D eigenvalue weighted by Gasteiger charge is -2.29. The summed E-state index contributed by atoms with van der Waals surface area (Å²) in [6.45, 7) is 8.67. The van der Waals surface area contributed by atoms with Crippen LogP contribution in [-0.4, -0.2) is 88.2 Å². The van der Waals surface area contributed by atoms with Gasteiger partial charge in [0.25, 0.3) is 0 Å². The molecule has 0 radical (unpaired) electrons. The van der Waals surface area contributed by atoms with Crippen molar-refractivity contribution >= 4 is 56.8 Å². The molecular formula is C46H54N8O6. The number of hydrogen-bond acceptors (Lipinski definition) is 8. The molecule has 6 aromatic rings. The molecule has 7 rings (SSSR count). The molecule has 5 N–H and O–H groups in total. The highest BCUT2D eigenvalue weighted by molar-refractivity contribution is 5.93. The van der Waals surface area contributed by atoms with Gasteiger partial charge >= 0.3 is 12.2 Å². The Morgan fingerprint density at radius 1 is 0.717 bits per heavy atom. The first kappa shape index (κ1) is 41.7. The van der Waals surface area contributed by atoms with E-state index < -0.39 is 24.3 Å². The smallest absolute Gasteiger partial charge is 0.407 e. The van der Waals surface area contributed by atoms with E-state index >= 15 is 0 Å². The monoisotopic (exact) mass is 814 g/mol. The zero-order chi connectivity index (χ0) is 42.5. The number of aromatic nitrogens is 4. The van der Waals surface area contributed by atoms with Gasteiger partial charge in [0.1, 0.15) is 23.7 Å². The Morgan fingerprint density at radius 3 is 1.87 bits per heavy atom. The molecule has 3 atom stereocenters. The van der Waals surface area contributed by atoms with Gasteiger partial charge in [0, 0.05) is 19.5 Å². The number of nitrogens with one attached hydrogen (secondary N) is 5. The van der Waals surface area contributed by atoms with Crippen LogP contribution in [0.3, 0.4) is 0 Å². The minimum Gasteiger partial charge on any atom is -0.453 e. The summed E-state index contributed by atoms with van der Waals surface area (Å²) in [7, 11) is 2.57. The molecule has 1 saturated heterocycles. The molecule has 3 heterocycles. The number of ether oxygens (including phenoxy) is 2. The van der Waals surface area contributed by atoms with Crippen molar-refractivity contribution in [2.24, 2.45) is 11.8 Å². The summed E-state index contributed by atoms with van der Waals surface area (Å²) in [4.78, 5) is 68.4. The molecule has 1 aliphatic rings. The summed E-state index contributed by atoms with van der Waals surface area (Å²) in [6.07, 6.45) is 2.76. The molecule has 14 heteroatoms. The Labute approximate surface area is 349 Å². The van der Waals surface area contributed by atoms with Crippen LogP contribution in [0.5, 0.6) is 0 Å². The Hall–Kier alpha value is -6.44. The number of methoxy groups -OCH3 is 2. The fourth-order valence-electron chi connectivity index (χ4n) is 7.98. The number of likely N-dealkylation sites (tertiary alicyclic amines) is 1. The van der Waals surface area contributed by atoms with Gasteiger partial charge < -0.3 is 40.3 Å². The Bertz CT molecular complexity index is 2520. The van der Waals surface area contributed by atoms with Crippen LogP contribution < -0.4 is 16.0 Å². The highest BCUT2D eigenvalue weighted by Crippen LogP contribution is 2.35. The van der Waals surface area contributed by atoms with E-state index in [9.17, 15) is 19.2 Å². The van der Waals surface area contributed by atoms with Crippen molar-refractivity contribution in [2.45, 2.75) is 77.9 Å². The average Bonchev–Trinajstić information content (AvgIpc) is 4.01. The zero-order valence-corrected chi connectivity index (χ0v) is 35.1. The van der Waals surface area contributed by atoms with Gasteiger partial charge in [-0.15, -0.1) is 0 Å². The number of fused-ring (bicyclic) bond motifs is 3. The Kier molecular flexibility index (Phi) is 12.7. The Balaban J connectivity index is 0.991. The molecule has 2 aromatic heterocycles. The standard InChI is InChI=1S/C46H54N8O6/c1-26(2)40(52-45(57)59-5)43(55)47-20-8-7-11-39-48-34-18-16-32(24-36(34)49-39)30-14-12-29-23-31(15-13-28(29)22-30)33-17-19-35-37(25-33)51-42(50-35)38-10-9-21-54(38)44(56)41(27(3)4)53-46(58)60-6/h12-19,22-27,38,40-41H,7-11,20-21H2,1-6H3,(H,47,55)(H,48,49)(H,50,51)(H,52,57)(H,53,58). The first-order valence-electron chi connectivity index (χ1n) is 20.7. The molecule has 1 fully saturated rings. The van der Waals surface area contributed by atoms with Crippen LogP contribution in [0.25, 0.3) is 55.1 Å². The third-order valence-electron chi connectivity index (χ3n) is 11.3. The lowest BCUT2D eigenvalue weighted by atomic mass is 9.97. The lowest BCUT2D eigenvalue weighted by molar-refractivity contribution is -0.135. The highest BCUT2D eigenvalue weighted by Gasteiger charge is 2.37. The molecular weight excluding hydrogens is 761 g/mol. The first-order chi connectivity index (χ1) is 28.9. The number of carbonyl (C=O) groups excluding carboxylic acids is 4. The molecule has 0 aliphatic carbocycles. The molecule has 14 nitrogen and oxygen atoms in total. The zero-order valence-electron chi connectivity index (χ0n) is 35.1. The third-order valence-corrected chi connectivity index (χ3v) is 11.3. The van der Waals surface area contributed by atoms with Gasteiger partial charge in [0.15, 0.2) is 0 Å². The molecule has 1 aliphatic heterocycles. The van der Waals surface area contributed by atoms with Crippen molar-refractivity contribution in [3.8, 4) is 22.3 Å². The number of H-pyrrole nitrogens is 2. The SMILES string of the molecule is COC(=O)NC(C(=O)NCCCCc1nc2ccc(-c3ccc4cc(-c5ccc6nc(C7CCCN7C(=O)C(NC(=O)OC)C(C)C)[nH]c6c5)ccc4c3)cc2[nH]1)C(C)C. The van der Waals surface area contributed by atoms with E-state index in [0.29, 0.717) is 13.1 Å². The fourth-order valence-corrected chi connectivity index (χ4v) is 7.98. The van der Waals surface area contributed by atoms with Crippen molar-refractivity contribution in [3.63, 3.8) is 0 Å². The van der Waals surface area contributed by atoms with Gasteiger partial charge in [-0.25, -0.2) is 19.6 Å². The number of aromatic amines is 2. The average molecular weight is 815 g/mol. The summed E-state index contributed by atoms with van der Waals surface area (Å²) < 4.78 is 9.43. The second-order valence-electron chi connectivity index (χ2n) is 16.2. The number of rotatable bonds is 14. The number of unbranched alkanes of at least 4 members (excludes halogenated alkanes) is 1. The predicted octanol–water partition coefficient (Wildman–Crippen LogP) is 7.79. The van der Waals surface area contributed by atoms with Gasteiger partial charge in [0.2, 0.25) is 11.8 Å². The predicted molar refractivity (Wildman–Crippen MR) is 232 cm³/mol. The van der Waals surface area contributed by atoms with Gasteiger partial charge in [-0.05, 0) is 107 Å². The van der Waals surface area contributed by atoms with Gasteiger partial charge in [0.05, 0.1) is 42.3 Å². The van der Waals surface area contributed by atoms with E-state index in [1.807, 2.05) is 44.7 Å².